The highest BCUT2D eigenvalue weighted by Gasteiger charge is 2.51. The average Bonchev–Trinajstić information content (AvgIpc) is 2.60. The van der Waals surface area contributed by atoms with Crippen LogP contribution in [0.15, 0.2) is 0 Å². The predicted molar refractivity (Wildman–Crippen MR) is 48.7 cm³/mol. The van der Waals surface area contributed by atoms with Crippen LogP contribution in [0.3, 0.4) is 0 Å². The Bertz CT molecular complexity index is 256. The summed E-state index contributed by atoms with van der Waals surface area (Å²) in [6.45, 7) is -0.0283. The van der Waals surface area contributed by atoms with Crippen LogP contribution in [-0.2, 0) is 9.47 Å². The highest BCUT2D eigenvalue weighted by Crippen LogP contribution is 2.46. The van der Waals surface area contributed by atoms with E-state index in [1.807, 2.05) is 0 Å². The van der Waals surface area contributed by atoms with Gasteiger partial charge in [-0.15, -0.1) is 0 Å². The zero-order chi connectivity index (χ0) is 11.8. The maximum atomic E-state index is 12.6. The lowest BCUT2D eigenvalue weighted by Crippen LogP contribution is -2.41. The van der Waals surface area contributed by atoms with Crippen LogP contribution in [0.5, 0.6) is 0 Å². The quantitative estimate of drug-likeness (QED) is 0.760. The molecule has 0 aromatic rings. The van der Waals surface area contributed by atoms with Gasteiger partial charge in [0.1, 0.15) is 6.10 Å². The second kappa shape index (κ2) is 4.16. The molecule has 1 N–H and O–H groups in total. The lowest BCUT2D eigenvalue weighted by molar-refractivity contribution is -0.249. The summed E-state index contributed by atoms with van der Waals surface area (Å²) in [4.78, 5) is 0. The van der Waals surface area contributed by atoms with E-state index >= 15 is 0 Å². The third-order valence-electron chi connectivity index (χ3n) is 3.25. The SMILES string of the molecule is OCC1COC2(CCCC(C(F)(F)F)C2)O1. The third-order valence-corrected chi connectivity index (χ3v) is 3.25. The summed E-state index contributed by atoms with van der Waals surface area (Å²) < 4.78 is 48.5. The lowest BCUT2D eigenvalue weighted by Gasteiger charge is -2.37. The van der Waals surface area contributed by atoms with E-state index in [4.69, 9.17) is 14.6 Å². The van der Waals surface area contributed by atoms with Gasteiger partial charge < -0.3 is 14.6 Å². The van der Waals surface area contributed by atoms with Crippen LogP contribution in [0.2, 0.25) is 0 Å². The Labute approximate surface area is 91.5 Å². The van der Waals surface area contributed by atoms with Crippen molar-refractivity contribution in [3.05, 3.63) is 0 Å². The van der Waals surface area contributed by atoms with E-state index in [2.05, 4.69) is 0 Å². The van der Waals surface area contributed by atoms with Crippen molar-refractivity contribution < 1.29 is 27.8 Å². The standard InChI is InChI=1S/C10H15F3O3/c11-10(12,13)7-2-1-3-9(4-7)15-6-8(5-14)16-9/h7-8,14H,1-6H2. The minimum absolute atomic E-state index is 0.141. The number of ether oxygens (including phenoxy) is 2. The van der Waals surface area contributed by atoms with E-state index < -0.39 is 24.0 Å². The molecular formula is C10H15F3O3. The molecule has 3 atom stereocenters. The molecule has 0 aromatic heterocycles. The Hall–Kier alpha value is -0.330. The zero-order valence-corrected chi connectivity index (χ0v) is 8.79. The van der Waals surface area contributed by atoms with Crippen LogP contribution in [0.25, 0.3) is 0 Å². The molecule has 0 aromatic carbocycles. The van der Waals surface area contributed by atoms with Crippen molar-refractivity contribution >= 4 is 0 Å². The molecule has 1 spiro atoms. The lowest BCUT2D eigenvalue weighted by atomic mass is 9.84. The molecule has 6 heteroatoms. The summed E-state index contributed by atoms with van der Waals surface area (Å²) in [5, 5.41) is 8.88. The Kier molecular flexibility index (Phi) is 3.16. The monoisotopic (exact) mass is 240 g/mol. The highest BCUT2D eigenvalue weighted by atomic mass is 19.4. The van der Waals surface area contributed by atoms with E-state index in [1.54, 1.807) is 0 Å². The maximum Gasteiger partial charge on any atom is 0.392 e. The van der Waals surface area contributed by atoms with Crippen LogP contribution in [0.1, 0.15) is 25.7 Å². The largest absolute Gasteiger partial charge is 0.394 e. The Morgan fingerprint density at radius 2 is 2.12 bits per heavy atom. The number of hydrogen-bond donors (Lipinski definition) is 1. The van der Waals surface area contributed by atoms with Gasteiger partial charge in [0.05, 0.1) is 19.1 Å². The number of rotatable bonds is 1. The van der Waals surface area contributed by atoms with E-state index in [1.165, 1.54) is 0 Å². The molecule has 3 nitrogen and oxygen atoms in total. The van der Waals surface area contributed by atoms with E-state index in [0.29, 0.717) is 12.8 Å². The zero-order valence-electron chi connectivity index (χ0n) is 8.79. The molecule has 16 heavy (non-hydrogen) atoms. The van der Waals surface area contributed by atoms with Gasteiger partial charge in [-0.2, -0.15) is 13.2 Å². The normalized spacial score (nSPS) is 40.5. The van der Waals surface area contributed by atoms with Gasteiger partial charge in [0.2, 0.25) is 0 Å². The number of aliphatic hydroxyl groups is 1. The van der Waals surface area contributed by atoms with Gasteiger partial charge in [-0.25, -0.2) is 0 Å². The molecule has 94 valence electrons. The van der Waals surface area contributed by atoms with Crippen molar-refractivity contribution in [2.45, 2.75) is 43.8 Å². The first-order valence-electron chi connectivity index (χ1n) is 5.44. The van der Waals surface area contributed by atoms with Gasteiger partial charge in [-0.3, -0.25) is 0 Å². The van der Waals surface area contributed by atoms with Crippen molar-refractivity contribution in [1.29, 1.82) is 0 Å². The molecule has 1 saturated heterocycles. The minimum Gasteiger partial charge on any atom is -0.394 e. The first-order valence-corrected chi connectivity index (χ1v) is 5.44. The van der Waals surface area contributed by atoms with Crippen molar-refractivity contribution in [2.75, 3.05) is 13.2 Å². The van der Waals surface area contributed by atoms with Gasteiger partial charge in [-0.05, 0) is 12.8 Å². The van der Waals surface area contributed by atoms with Crippen molar-refractivity contribution in [1.82, 2.24) is 0 Å². The third kappa shape index (κ3) is 2.33. The number of alkyl halides is 3. The van der Waals surface area contributed by atoms with E-state index in [-0.39, 0.29) is 26.1 Å². The van der Waals surface area contributed by atoms with E-state index in [0.717, 1.165) is 0 Å². The maximum absolute atomic E-state index is 12.6. The van der Waals surface area contributed by atoms with Crippen LogP contribution in [0.4, 0.5) is 13.2 Å². The van der Waals surface area contributed by atoms with Crippen LogP contribution in [0, 0.1) is 5.92 Å². The molecule has 1 heterocycles. The molecule has 0 amide bonds. The number of halogens is 3. The van der Waals surface area contributed by atoms with Crippen LogP contribution in [-0.4, -0.2) is 36.4 Å². The predicted octanol–water partition coefficient (Wildman–Crippen LogP) is 1.84. The molecule has 0 bridgehead atoms. The molecule has 2 aliphatic rings. The van der Waals surface area contributed by atoms with Gasteiger partial charge in [0, 0.05) is 12.8 Å². The molecule has 1 saturated carbocycles. The van der Waals surface area contributed by atoms with Crippen molar-refractivity contribution in [3.63, 3.8) is 0 Å². The van der Waals surface area contributed by atoms with Gasteiger partial charge in [0.25, 0.3) is 0 Å². The van der Waals surface area contributed by atoms with Gasteiger partial charge >= 0.3 is 6.18 Å². The summed E-state index contributed by atoms with van der Waals surface area (Å²) in [5.74, 6) is -2.45. The number of hydrogen-bond acceptors (Lipinski definition) is 3. The van der Waals surface area contributed by atoms with Crippen molar-refractivity contribution in [2.24, 2.45) is 5.92 Å². The Morgan fingerprint density at radius 1 is 1.38 bits per heavy atom. The van der Waals surface area contributed by atoms with Gasteiger partial charge in [0.15, 0.2) is 5.79 Å². The van der Waals surface area contributed by atoms with Gasteiger partial charge in [-0.1, -0.05) is 0 Å². The first kappa shape index (κ1) is 12.1. The second-order valence-electron chi connectivity index (χ2n) is 4.48. The fraction of sp³-hybridized carbons (Fsp3) is 1.00. The summed E-state index contributed by atoms with van der Waals surface area (Å²) in [6.07, 6.45) is -3.74. The first-order chi connectivity index (χ1) is 7.45. The molecule has 2 fully saturated rings. The van der Waals surface area contributed by atoms with Crippen molar-refractivity contribution in [3.8, 4) is 0 Å². The van der Waals surface area contributed by atoms with Crippen LogP contribution < -0.4 is 0 Å². The summed E-state index contributed by atoms with van der Waals surface area (Å²) in [5.41, 5.74) is 0. The fourth-order valence-electron chi connectivity index (χ4n) is 2.42. The second-order valence-corrected chi connectivity index (χ2v) is 4.48. The Balaban J connectivity index is 2.02. The Morgan fingerprint density at radius 3 is 2.69 bits per heavy atom. The summed E-state index contributed by atoms with van der Waals surface area (Å²) >= 11 is 0. The number of aliphatic hydroxyl groups excluding tert-OH is 1. The average molecular weight is 240 g/mol. The molecule has 3 unspecified atom stereocenters. The minimum atomic E-state index is -4.18. The fourth-order valence-corrected chi connectivity index (χ4v) is 2.42. The van der Waals surface area contributed by atoms with E-state index in [9.17, 15) is 13.2 Å². The summed E-state index contributed by atoms with van der Waals surface area (Å²) in [7, 11) is 0. The molecular weight excluding hydrogens is 225 g/mol. The molecule has 1 aliphatic heterocycles. The molecule has 2 rings (SSSR count). The summed E-state index contributed by atoms with van der Waals surface area (Å²) in [6, 6.07) is 0. The highest BCUT2D eigenvalue weighted by molar-refractivity contribution is 4.88. The molecule has 1 aliphatic carbocycles. The smallest absolute Gasteiger partial charge is 0.392 e. The molecule has 0 radical (unpaired) electrons. The van der Waals surface area contributed by atoms with Crippen LogP contribution >= 0.6 is 0 Å². The topological polar surface area (TPSA) is 38.7 Å².